The van der Waals surface area contributed by atoms with Gasteiger partial charge in [0.2, 0.25) is 0 Å². The number of carbonyl (C=O) groups is 1. The lowest BCUT2D eigenvalue weighted by Gasteiger charge is -2.39. The number of nitrogens with one attached hydrogen (secondary N) is 1. The van der Waals surface area contributed by atoms with E-state index in [4.69, 9.17) is 11.6 Å². The van der Waals surface area contributed by atoms with Crippen molar-refractivity contribution in [2.75, 3.05) is 5.32 Å². The highest BCUT2D eigenvalue weighted by molar-refractivity contribution is 6.30. The van der Waals surface area contributed by atoms with Crippen molar-refractivity contribution in [3.05, 3.63) is 29.3 Å². The lowest BCUT2D eigenvalue weighted by molar-refractivity contribution is -0.145. The van der Waals surface area contributed by atoms with Crippen molar-refractivity contribution in [3.63, 3.8) is 0 Å². The SMILES string of the molecule is CC1(C)CCCC1(Nc1ccc(Cl)cc1)C(=O)O. The molecule has 18 heavy (non-hydrogen) atoms. The average Bonchev–Trinajstić information content (AvgIpc) is 2.58. The van der Waals surface area contributed by atoms with E-state index in [1.54, 1.807) is 12.1 Å². The van der Waals surface area contributed by atoms with Gasteiger partial charge in [-0.25, -0.2) is 4.79 Å². The fourth-order valence-electron chi connectivity index (χ4n) is 2.81. The maximum absolute atomic E-state index is 11.7. The molecule has 98 valence electrons. The minimum Gasteiger partial charge on any atom is -0.479 e. The van der Waals surface area contributed by atoms with Gasteiger partial charge in [-0.1, -0.05) is 25.4 Å². The van der Waals surface area contributed by atoms with Crippen molar-refractivity contribution in [2.24, 2.45) is 5.41 Å². The maximum atomic E-state index is 11.7. The highest BCUT2D eigenvalue weighted by atomic mass is 35.5. The van der Waals surface area contributed by atoms with Crippen molar-refractivity contribution < 1.29 is 9.90 Å². The number of carboxylic acids is 1. The number of rotatable bonds is 3. The summed E-state index contributed by atoms with van der Waals surface area (Å²) in [6.45, 7) is 4.02. The summed E-state index contributed by atoms with van der Waals surface area (Å²) in [5.41, 5.74) is -0.351. The third-order valence-corrected chi connectivity index (χ3v) is 4.33. The summed E-state index contributed by atoms with van der Waals surface area (Å²) < 4.78 is 0. The van der Waals surface area contributed by atoms with Crippen molar-refractivity contribution >= 4 is 23.3 Å². The molecule has 0 heterocycles. The summed E-state index contributed by atoms with van der Waals surface area (Å²) in [4.78, 5) is 11.7. The van der Waals surface area contributed by atoms with E-state index < -0.39 is 11.5 Å². The normalized spacial score (nSPS) is 25.9. The molecule has 0 aliphatic heterocycles. The van der Waals surface area contributed by atoms with Crippen LogP contribution in [0.25, 0.3) is 0 Å². The van der Waals surface area contributed by atoms with Crippen LogP contribution in [0.2, 0.25) is 5.02 Å². The first-order valence-electron chi connectivity index (χ1n) is 6.15. The zero-order valence-electron chi connectivity index (χ0n) is 10.7. The molecule has 1 aliphatic carbocycles. The summed E-state index contributed by atoms with van der Waals surface area (Å²) in [5.74, 6) is -0.778. The Hall–Kier alpha value is -1.22. The van der Waals surface area contributed by atoms with Crippen LogP contribution < -0.4 is 5.32 Å². The van der Waals surface area contributed by atoms with Crippen LogP contribution >= 0.6 is 11.6 Å². The Balaban J connectivity index is 2.33. The molecule has 1 unspecified atom stereocenters. The molecule has 2 N–H and O–H groups in total. The van der Waals surface area contributed by atoms with Crippen molar-refractivity contribution in [2.45, 2.75) is 38.6 Å². The van der Waals surface area contributed by atoms with Crippen LogP contribution in [0, 0.1) is 5.41 Å². The van der Waals surface area contributed by atoms with Gasteiger partial charge in [0.1, 0.15) is 5.54 Å². The van der Waals surface area contributed by atoms with E-state index in [0.717, 1.165) is 18.5 Å². The monoisotopic (exact) mass is 267 g/mol. The van der Waals surface area contributed by atoms with Crippen LogP contribution in [0.4, 0.5) is 5.69 Å². The zero-order chi connectivity index (χ0) is 13.4. The van der Waals surface area contributed by atoms with Gasteiger partial charge in [-0.3, -0.25) is 0 Å². The predicted molar refractivity (Wildman–Crippen MR) is 73.1 cm³/mol. The number of anilines is 1. The van der Waals surface area contributed by atoms with Gasteiger partial charge in [-0.2, -0.15) is 0 Å². The molecule has 0 saturated heterocycles. The molecule has 0 radical (unpaired) electrons. The molecule has 0 bridgehead atoms. The van der Waals surface area contributed by atoms with Crippen LogP contribution in [-0.2, 0) is 4.79 Å². The van der Waals surface area contributed by atoms with Crippen molar-refractivity contribution in [1.29, 1.82) is 0 Å². The van der Waals surface area contributed by atoms with Crippen molar-refractivity contribution in [1.82, 2.24) is 0 Å². The van der Waals surface area contributed by atoms with E-state index in [1.807, 2.05) is 26.0 Å². The Bertz CT molecular complexity index is 455. The Labute approximate surface area is 112 Å². The third kappa shape index (κ3) is 2.07. The lowest BCUT2D eigenvalue weighted by atomic mass is 9.74. The first-order chi connectivity index (χ1) is 8.37. The van der Waals surface area contributed by atoms with Crippen LogP contribution in [0.3, 0.4) is 0 Å². The number of hydrogen-bond acceptors (Lipinski definition) is 2. The van der Waals surface area contributed by atoms with Crippen LogP contribution in [0.15, 0.2) is 24.3 Å². The second kappa shape index (κ2) is 4.47. The van der Waals surface area contributed by atoms with E-state index in [2.05, 4.69) is 5.32 Å². The lowest BCUT2D eigenvalue weighted by Crippen LogP contribution is -2.53. The van der Waals surface area contributed by atoms with E-state index >= 15 is 0 Å². The zero-order valence-corrected chi connectivity index (χ0v) is 11.4. The molecule has 1 saturated carbocycles. The number of aliphatic carboxylic acids is 1. The van der Waals surface area contributed by atoms with Gasteiger partial charge >= 0.3 is 5.97 Å². The van der Waals surface area contributed by atoms with E-state index in [1.165, 1.54) is 0 Å². The topological polar surface area (TPSA) is 49.3 Å². The summed E-state index contributed by atoms with van der Waals surface area (Å²) in [6, 6.07) is 7.17. The molecule has 1 aliphatic rings. The first-order valence-corrected chi connectivity index (χ1v) is 6.52. The van der Waals surface area contributed by atoms with Crippen LogP contribution in [0.5, 0.6) is 0 Å². The van der Waals surface area contributed by atoms with Crippen molar-refractivity contribution in [3.8, 4) is 0 Å². The molecule has 1 aromatic carbocycles. The Morgan fingerprint density at radius 1 is 1.28 bits per heavy atom. The minimum atomic E-state index is -0.888. The maximum Gasteiger partial charge on any atom is 0.329 e. The molecular formula is C14H18ClNO2. The van der Waals surface area contributed by atoms with Gasteiger partial charge in [-0.15, -0.1) is 0 Å². The molecule has 4 heteroatoms. The summed E-state index contributed by atoms with van der Waals surface area (Å²) in [7, 11) is 0. The number of benzene rings is 1. The number of halogens is 1. The molecule has 3 nitrogen and oxygen atoms in total. The molecule has 0 aromatic heterocycles. The molecule has 1 aromatic rings. The predicted octanol–water partition coefficient (Wildman–Crippen LogP) is 3.79. The third-order valence-electron chi connectivity index (χ3n) is 4.08. The second-order valence-electron chi connectivity index (χ2n) is 5.58. The fourth-order valence-corrected chi connectivity index (χ4v) is 2.93. The highest BCUT2D eigenvalue weighted by Crippen LogP contribution is 2.48. The minimum absolute atomic E-state index is 0.265. The molecule has 2 rings (SSSR count). The van der Waals surface area contributed by atoms with Gasteiger partial charge in [0.25, 0.3) is 0 Å². The molecule has 1 atom stereocenters. The fraction of sp³-hybridized carbons (Fsp3) is 0.500. The summed E-state index contributed by atoms with van der Waals surface area (Å²) >= 11 is 5.84. The number of carboxylic acid groups (broad SMARTS) is 1. The smallest absolute Gasteiger partial charge is 0.329 e. The van der Waals surface area contributed by atoms with Gasteiger partial charge in [0.15, 0.2) is 0 Å². The highest BCUT2D eigenvalue weighted by Gasteiger charge is 2.54. The summed E-state index contributed by atoms with van der Waals surface area (Å²) in [5, 5.41) is 13.5. The average molecular weight is 268 g/mol. The first kappa shape index (κ1) is 13.2. The standard InChI is InChI=1S/C14H18ClNO2/c1-13(2)8-3-9-14(13,12(17)18)16-11-6-4-10(15)5-7-11/h4-7,16H,3,8-9H2,1-2H3,(H,17,18). The van der Waals surface area contributed by atoms with Crippen LogP contribution in [-0.4, -0.2) is 16.6 Å². The van der Waals surface area contributed by atoms with Crippen LogP contribution in [0.1, 0.15) is 33.1 Å². The van der Waals surface area contributed by atoms with Gasteiger partial charge in [-0.05, 0) is 48.9 Å². The molecule has 0 amide bonds. The largest absolute Gasteiger partial charge is 0.479 e. The van der Waals surface area contributed by atoms with E-state index in [9.17, 15) is 9.90 Å². The quantitative estimate of drug-likeness (QED) is 0.876. The van der Waals surface area contributed by atoms with Gasteiger partial charge < -0.3 is 10.4 Å². The van der Waals surface area contributed by atoms with Gasteiger partial charge in [0, 0.05) is 10.7 Å². The number of hydrogen-bond donors (Lipinski definition) is 2. The second-order valence-corrected chi connectivity index (χ2v) is 6.02. The van der Waals surface area contributed by atoms with Gasteiger partial charge in [0.05, 0.1) is 0 Å². The molecule has 0 spiro atoms. The Morgan fingerprint density at radius 3 is 2.33 bits per heavy atom. The molecular weight excluding hydrogens is 250 g/mol. The Morgan fingerprint density at radius 2 is 1.89 bits per heavy atom. The van der Waals surface area contributed by atoms with E-state index in [-0.39, 0.29) is 5.41 Å². The Kier molecular flexibility index (Phi) is 3.28. The summed E-state index contributed by atoms with van der Waals surface area (Å²) in [6.07, 6.45) is 2.50. The van der Waals surface area contributed by atoms with E-state index in [0.29, 0.717) is 11.4 Å². The molecule has 1 fully saturated rings.